The second-order valence-electron chi connectivity index (χ2n) is 4.49. The third kappa shape index (κ3) is 3.30. The number of carboxylic acids is 1. The van der Waals surface area contributed by atoms with Gasteiger partial charge in [0.1, 0.15) is 0 Å². The van der Waals surface area contributed by atoms with Gasteiger partial charge in [-0.1, -0.05) is 6.08 Å². The number of carbonyl (C=O) groups is 2. The van der Waals surface area contributed by atoms with Gasteiger partial charge in [-0.2, -0.15) is 0 Å². The van der Waals surface area contributed by atoms with Crippen LogP contribution in [0.25, 0.3) is 0 Å². The van der Waals surface area contributed by atoms with Crippen LogP contribution in [0, 0.1) is 0 Å². The fourth-order valence-electron chi connectivity index (χ4n) is 2.14. The van der Waals surface area contributed by atoms with Crippen LogP contribution in [0.2, 0.25) is 0 Å². The number of piperazine rings is 1. The first kappa shape index (κ1) is 13.7. The zero-order chi connectivity index (χ0) is 13.0. The first-order valence-electron chi connectivity index (χ1n) is 5.80. The van der Waals surface area contributed by atoms with Gasteiger partial charge in [0.05, 0.1) is 6.04 Å². The highest BCUT2D eigenvalue weighted by Gasteiger charge is 2.35. The molecule has 0 aromatic carbocycles. The Labute approximate surface area is 102 Å². The third-order valence-electron chi connectivity index (χ3n) is 3.25. The summed E-state index contributed by atoms with van der Waals surface area (Å²) in [4.78, 5) is 26.4. The lowest BCUT2D eigenvalue weighted by Crippen LogP contribution is -2.59. The molecule has 1 fully saturated rings. The van der Waals surface area contributed by atoms with Crippen LogP contribution in [0.15, 0.2) is 12.7 Å². The van der Waals surface area contributed by atoms with Crippen molar-refractivity contribution in [3.05, 3.63) is 12.7 Å². The molecule has 17 heavy (non-hydrogen) atoms. The van der Waals surface area contributed by atoms with Crippen molar-refractivity contribution < 1.29 is 14.7 Å². The Bertz CT molecular complexity index is 317. The summed E-state index contributed by atoms with van der Waals surface area (Å²) in [5.41, 5.74) is 0. The van der Waals surface area contributed by atoms with Gasteiger partial charge in [0.25, 0.3) is 0 Å². The fourth-order valence-corrected chi connectivity index (χ4v) is 2.14. The van der Waals surface area contributed by atoms with Gasteiger partial charge < -0.3 is 10.0 Å². The zero-order valence-corrected chi connectivity index (χ0v) is 10.4. The molecule has 5 nitrogen and oxygen atoms in total. The largest absolute Gasteiger partial charge is 0.481 e. The molecular weight excluding hydrogens is 220 g/mol. The minimum Gasteiger partial charge on any atom is -0.481 e. The quantitative estimate of drug-likeness (QED) is 0.714. The lowest BCUT2D eigenvalue weighted by atomic mass is 10.0. The molecule has 1 heterocycles. The number of hydrogen-bond donors (Lipinski definition) is 1. The van der Waals surface area contributed by atoms with E-state index >= 15 is 0 Å². The summed E-state index contributed by atoms with van der Waals surface area (Å²) in [6.45, 7) is 6.87. The van der Waals surface area contributed by atoms with E-state index in [1.165, 1.54) is 0 Å². The Kier molecular flexibility index (Phi) is 4.69. The molecule has 0 saturated carbocycles. The molecule has 1 rings (SSSR count). The SMILES string of the molecule is C=CCN1CC(C)N(C)C(CCC(=O)O)C1=O. The van der Waals surface area contributed by atoms with Crippen LogP contribution in [-0.4, -0.2) is 59.0 Å². The Morgan fingerprint density at radius 1 is 1.65 bits per heavy atom. The van der Waals surface area contributed by atoms with Crippen LogP contribution in [0.5, 0.6) is 0 Å². The minimum atomic E-state index is -0.861. The molecule has 0 aromatic rings. The number of amides is 1. The number of rotatable bonds is 5. The number of hydrogen-bond acceptors (Lipinski definition) is 3. The molecule has 2 atom stereocenters. The normalized spacial score (nSPS) is 26.0. The summed E-state index contributed by atoms with van der Waals surface area (Å²) in [7, 11) is 1.88. The molecule has 0 radical (unpaired) electrons. The predicted octanol–water partition coefficient (Wildman–Crippen LogP) is 0.568. The maximum Gasteiger partial charge on any atom is 0.303 e. The van der Waals surface area contributed by atoms with Crippen LogP contribution in [0.1, 0.15) is 19.8 Å². The third-order valence-corrected chi connectivity index (χ3v) is 3.25. The van der Waals surface area contributed by atoms with Gasteiger partial charge in [0, 0.05) is 25.6 Å². The minimum absolute atomic E-state index is 0.00625. The molecule has 1 N–H and O–H groups in total. The molecule has 1 aliphatic heterocycles. The van der Waals surface area contributed by atoms with Crippen LogP contribution in [0.3, 0.4) is 0 Å². The van der Waals surface area contributed by atoms with E-state index in [2.05, 4.69) is 6.58 Å². The monoisotopic (exact) mass is 240 g/mol. The van der Waals surface area contributed by atoms with Gasteiger partial charge in [-0.15, -0.1) is 6.58 Å². The summed E-state index contributed by atoms with van der Waals surface area (Å²) in [5.74, 6) is -0.855. The lowest BCUT2D eigenvalue weighted by molar-refractivity contribution is -0.144. The van der Waals surface area contributed by atoms with Crippen molar-refractivity contribution in [3.8, 4) is 0 Å². The molecule has 0 bridgehead atoms. The topological polar surface area (TPSA) is 60.9 Å². The zero-order valence-electron chi connectivity index (χ0n) is 10.4. The van der Waals surface area contributed by atoms with Gasteiger partial charge in [-0.05, 0) is 20.4 Å². The molecule has 2 unspecified atom stereocenters. The van der Waals surface area contributed by atoms with E-state index in [4.69, 9.17) is 5.11 Å². The van der Waals surface area contributed by atoms with Crippen molar-refractivity contribution in [2.75, 3.05) is 20.1 Å². The van der Waals surface area contributed by atoms with Crippen LogP contribution in [0.4, 0.5) is 0 Å². The Morgan fingerprint density at radius 3 is 2.82 bits per heavy atom. The summed E-state index contributed by atoms with van der Waals surface area (Å²) in [5, 5.41) is 8.69. The molecular formula is C12H20N2O3. The number of carbonyl (C=O) groups excluding carboxylic acids is 1. The average Bonchev–Trinajstić information content (AvgIpc) is 2.26. The number of likely N-dealkylation sites (N-methyl/N-ethyl adjacent to an activating group) is 1. The van der Waals surface area contributed by atoms with E-state index in [1.807, 2.05) is 18.9 Å². The van der Waals surface area contributed by atoms with Crippen LogP contribution in [-0.2, 0) is 9.59 Å². The van der Waals surface area contributed by atoms with E-state index in [0.29, 0.717) is 19.5 Å². The van der Waals surface area contributed by atoms with Crippen molar-refractivity contribution >= 4 is 11.9 Å². The van der Waals surface area contributed by atoms with Gasteiger partial charge in [0.2, 0.25) is 5.91 Å². The second-order valence-corrected chi connectivity index (χ2v) is 4.49. The van der Waals surface area contributed by atoms with Gasteiger partial charge in [-0.3, -0.25) is 14.5 Å². The summed E-state index contributed by atoms with van der Waals surface area (Å²) in [6, 6.07) is -0.0822. The van der Waals surface area contributed by atoms with E-state index in [1.54, 1.807) is 11.0 Å². The van der Waals surface area contributed by atoms with Crippen LogP contribution >= 0.6 is 0 Å². The molecule has 5 heteroatoms. The number of aliphatic carboxylic acids is 1. The van der Waals surface area contributed by atoms with E-state index in [-0.39, 0.29) is 24.4 Å². The lowest BCUT2D eigenvalue weighted by Gasteiger charge is -2.42. The summed E-state index contributed by atoms with van der Waals surface area (Å²) in [6.07, 6.45) is 2.09. The maximum absolute atomic E-state index is 12.1. The number of nitrogens with zero attached hydrogens (tertiary/aromatic N) is 2. The van der Waals surface area contributed by atoms with E-state index in [0.717, 1.165) is 0 Å². The Hall–Kier alpha value is -1.36. The van der Waals surface area contributed by atoms with Gasteiger partial charge in [-0.25, -0.2) is 0 Å². The van der Waals surface area contributed by atoms with Crippen molar-refractivity contribution in [2.45, 2.75) is 31.8 Å². The smallest absolute Gasteiger partial charge is 0.303 e. The molecule has 1 aliphatic rings. The summed E-state index contributed by atoms with van der Waals surface area (Å²) >= 11 is 0. The molecule has 0 aliphatic carbocycles. The molecule has 96 valence electrons. The van der Waals surface area contributed by atoms with Crippen molar-refractivity contribution in [3.63, 3.8) is 0 Å². The highest BCUT2D eigenvalue weighted by Crippen LogP contribution is 2.18. The second kappa shape index (κ2) is 5.82. The fraction of sp³-hybridized carbons (Fsp3) is 0.667. The van der Waals surface area contributed by atoms with E-state index in [9.17, 15) is 9.59 Å². The van der Waals surface area contributed by atoms with Crippen molar-refractivity contribution in [1.82, 2.24) is 9.80 Å². The Balaban J connectivity index is 2.72. The molecule has 0 spiro atoms. The average molecular weight is 240 g/mol. The van der Waals surface area contributed by atoms with Crippen molar-refractivity contribution in [2.24, 2.45) is 0 Å². The predicted molar refractivity (Wildman–Crippen MR) is 64.7 cm³/mol. The summed E-state index contributed by atoms with van der Waals surface area (Å²) < 4.78 is 0. The first-order chi connectivity index (χ1) is 7.97. The maximum atomic E-state index is 12.1. The standard InChI is InChI=1S/C12H20N2O3/c1-4-7-14-8-9(2)13(3)10(12(14)17)5-6-11(15)16/h4,9-10H,1,5-8H2,2-3H3,(H,15,16). The first-order valence-corrected chi connectivity index (χ1v) is 5.80. The highest BCUT2D eigenvalue weighted by atomic mass is 16.4. The van der Waals surface area contributed by atoms with Crippen LogP contribution < -0.4 is 0 Å². The van der Waals surface area contributed by atoms with Crippen molar-refractivity contribution in [1.29, 1.82) is 0 Å². The highest BCUT2D eigenvalue weighted by molar-refractivity contribution is 5.83. The number of carboxylic acid groups (broad SMARTS) is 1. The molecule has 1 amide bonds. The van der Waals surface area contributed by atoms with Gasteiger partial charge >= 0.3 is 5.97 Å². The van der Waals surface area contributed by atoms with E-state index < -0.39 is 5.97 Å². The molecule has 1 saturated heterocycles. The Morgan fingerprint density at radius 2 is 2.29 bits per heavy atom. The van der Waals surface area contributed by atoms with Gasteiger partial charge in [0.15, 0.2) is 0 Å². The molecule has 0 aromatic heterocycles.